The van der Waals surface area contributed by atoms with Gasteiger partial charge in [0.05, 0.1) is 12.6 Å². The number of rotatable bonds is 6. The molecule has 0 aliphatic carbocycles. The first-order chi connectivity index (χ1) is 10.9. The minimum absolute atomic E-state index is 0.201. The molecule has 0 unspecified atom stereocenters. The van der Waals surface area contributed by atoms with Crippen LogP contribution in [0.4, 0.5) is 13.2 Å². The monoisotopic (exact) mass is 437 g/mol. The van der Waals surface area contributed by atoms with Gasteiger partial charge in [-0.3, -0.25) is 0 Å². The van der Waals surface area contributed by atoms with E-state index in [2.05, 4.69) is 11.9 Å². The van der Waals surface area contributed by atoms with E-state index in [-0.39, 0.29) is 3.57 Å². The Morgan fingerprint density at radius 3 is 2.52 bits per heavy atom. The van der Waals surface area contributed by atoms with Crippen LogP contribution in [0.2, 0.25) is 0 Å². The first-order valence-corrected chi connectivity index (χ1v) is 8.69. The Bertz CT molecular complexity index is 686. The summed E-state index contributed by atoms with van der Waals surface area (Å²) in [5, 5.41) is 0.748. The standard InChI is InChI=1S/C17H19F3INO/c1-3-4-5-6-7-12-13-10-11(23-2)8-9-14(13)22-16(15(12)21)17(18,19)20/h8-10H,3-7H2,1-2H3. The maximum absolute atomic E-state index is 13.3. The van der Waals surface area contributed by atoms with Gasteiger partial charge in [0.2, 0.25) is 0 Å². The van der Waals surface area contributed by atoms with Crippen molar-refractivity contribution in [3.63, 3.8) is 0 Å². The average Bonchev–Trinajstić information content (AvgIpc) is 2.51. The Kier molecular flexibility index (Phi) is 6.11. The lowest BCUT2D eigenvalue weighted by Crippen LogP contribution is -2.13. The number of methoxy groups -OCH3 is 1. The smallest absolute Gasteiger partial charge is 0.434 e. The van der Waals surface area contributed by atoms with Crippen LogP contribution >= 0.6 is 22.6 Å². The Hall–Kier alpha value is -1.05. The summed E-state index contributed by atoms with van der Waals surface area (Å²) in [5.41, 5.74) is 0.295. The predicted octanol–water partition coefficient (Wildman–Crippen LogP) is 5.99. The molecule has 6 heteroatoms. The molecule has 0 bridgehead atoms. The largest absolute Gasteiger partial charge is 0.497 e. The van der Waals surface area contributed by atoms with Crippen LogP contribution in [-0.4, -0.2) is 12.1 Å². The van der Waals surface area contributed by atoms with Crippen molar-refractivity contribution in [3.8, 4) is 5.75 Å². The van der Waals surface area contributed by atoms with Gasteiger partial charge in [-0.15, -0.1) is 0 Å². The number of hydrogen-bond acceptors (Lipinski definition) is 2. The summed E-state index contributed by atoms with van der Waals surface area (Å²) in [7, 11) is 1.55. The fourth-order valence-corrected chi connectivity index (χ4v) is 3.56. The van der Waals surface area contributed by atoms with E-state index in [0.29, 0.717) is 17.7 Å². The Morgan fingerprint density at radius 2 is 1.91 bits per heavy atom. The molecule has 2 nitrogen and oxygen atoms in total. The highest BCUT2D eigenvalue weighted by Crippen LogP contribution is 2.37. The molecule has 2 rings (SSSR count). The zero-order valence-electron chi connectivity index (χ0n) is 13.1. The van der Waals surface area contributed by atoms with Gasteiger partial charge in [-0.2, -0.15) is 13.2 Å². The van der Waals surface area contributed by atoms with Crippen molar-refractivity contribution >= 4 is 33.5 Å². The Labute approximate surface area is 147 Å². The molecular formula is C17H19F3INO. The van der Waals surface area contributed by atoms with Crippen LogP contribution < -0.4 is 4.74 Å². The molecule has 0 N–H and O–H groups in total. The van der Waals surface area contributed by atoms with Crippen LogP contribution in [-0.2, 0) is 12.6 Å². The zero-order valence-corrected chi connectivity index (χ0v) is 15.3. The molecule has 0 fully saturated rings. The molecule has 0 saturated carbocycles. The second-order valence-corrected chi connectivity index (χ2v) is 6.52. The second-order valence-electron chi connectivity index (χ2n) is 5.44. The molecule has 0 aliphatic rings. The minimum Gasteiger partial charge on any atom is -0.497 e. The van der Waals surface area contributed by atoms with Crippen molar-refractivity contribution in [3.05, 3.63) is 33.0 Å². The van der Waals surface area contributed by atoms with Crippen LogP contribution in [0.1, 0.15) is 43.9 Å². The normalized spacial score (nSPS) is 11.9. The molecule has 0 atom stereocenters. The summed E-state index contributed by atoms with van der Waals surface area (Å²) in [5.74, 6) is 0.629. The van der Waals surface area contributed by atoms with E-state index in [1.165, 1.54) is 0 Å². The first-order valence-electron chi connectivity index (χ1n) is 7.61. The molecule has 0 spiro atoms. The van der Waals surface area contributed by atoms with Crippen molar-refractivity contribution in [2.45, 2.75) is 45.2 Å². The third kappa shape index (κ3) is 4.28. The molecule has 1 aromatic heterocycles. The number of unbranched alkanes of at least 4 members (excludes halogenated alkanes) is 3. The van der Waals surface area contributed by atoms with E-state index in [1.54, 1.807) is 47.9 Å². The number of pyridine rings is 1. The van der Waals surface area contributed by atoms with E-state index in [0.717, 1.165) is 36.6 Å². The number of alkyl halides is 3. The lowest BCUT2D eigenvalue weighted by atomic mass is 10.0. The maximum Gasteiger partial charge on any atom is 0.434 e. The molecule has 23 heavy (non-hydrogen) atoms. The minimum atomic E-state index is -4.44. The molecule has 1 aromatic carbocycles. The van der Waals surface area contributed by atoms with Crippen molar-refractivity contribution in [2.75, 3.05) is 7.11 Å². The molecule has 1 heterocycles. The van der Waals surface area contributed by atoms with Crippen LogP contribution in [0.25, 0.3) is 10.9 Å². The summed E-state index contributed by atoms with van der Waals surface area (Å²) in [4.78, 5) is 3.84. The number of aryl methyl sites for hydroxylation is 1. The molecule has 0 amide bonds. The summed E-state index contributed by atoms with van der Waals surface area (Å²) in [6, 6.07) is 5.01. The fraction of sp³-hybridized carbons (Fsp3) is 0.471. The van der Waals surface area contributed by atoms with E-state index in [4.69, 9.17) is 4.74 Å². The topological polar surface area (TPSA) is 22.1 Å². The van der Waals surface area contributed by atoms with Crippen LogP contribution in [0.5, 0.6) is 5.75 Å². The van der Waals surface area contributed by atoms with E-state index in [1.807, 2.05) is 0 Å². The molecule has 2 aromatic rings. The van der Waals surface area contributed by atoms with Gasteiger partial charge in [0.25, 0.3) is 0 Å². The first kappa shape index (κ1) is 18.3. The van der Waals surface area contributed by atoms with E-state index < -0.39 is 11.9 Å². The maximum atomic E-state index is 13.3. The summed E-state index contributed by atoms with van der Waals surface area (Å²) in [6.45, 7) is 2.11. The highest BCUT2D eigenvalue weighted by molar-refractivity contribution is 14.1. The highest BCUT2D eigenvalue weighted by Gasteiger charge is 2.36. The fourth-order valence-electron chi connectivity index (χ4n) is 2.57. The van der Waals surface area contributed by atoms with Crippen molar-refractivity contribution in [2.24, 2.45) is 0 Å². The van der Waals surface area contributed by atoms with Gasteiger partial charge in [0.1, 0.15) is 5.75 Å². The average molecular weight is 437 g/mol. The summed E-state index contributed by atoms with van der Waals surface area (Å²) < 4.78 is 45.2. The molecule has 0 radical (unpaired) electrons. The number of aromatic nitrogens is 1. The van der Waals surface area contributed by atoms with Gasteiger partial charge >= 0.3 is 6.18 Å². The van der Waals surface area contributed by atoms with Crippen molar-refractivity contribution < 1.29 is 17.9 Å². The predicted molar refractivity (Wildman–Crippen MR) is 93.9 cm³/mol. The Balaban J connectivity index is 2.54. The van der Waals surface area contributed by atoms with Gasteiger partial charge in [-0.05, 0) is 59.2 Å². The van der Waals surface area contributed by atoms with E-state index in [9.17, 15) is 13.2 Å². The van der Waals surface area contributed by atoms with Crippen LogP contribution in [0, 0.1) is 3.57 Å². The number of ether oxygens (including phenoxy) is 1. The Morgan fingerprint density at radius 1 is 1.17 bits per heavy atom. The van der Waals surface area contributed by atoms with Crippen LogP contribution in [0.3, 0.4) is 0 Å². The SMILES string of the molecule is CCCCCCc1c(I)c(C(F)(F)F)nc2ccc(OC)cc12. The zero-order chi connectivity index (χ0) is 17.0. The van der Waals surface area contributed by atoms with Gasteiger partial charge in [0.15, 0.2) is 5.69 Å². The lowest BCUT2D eigenvalue weighted by Gasteiger charge is -2.16. The lowest BCUT2D eigenvalue weighted by molar-refractivity contribution is -0.141. The molecule has 126 valence electrons. The van der Waals surface area contributed by atoms with Gasteiger partial charge in [0, 0.05) is 8.96 Å². The quantitative estimate of drug-likeness (QED) is 0.409. The number of hydrogen-bond donors (Lipinski definition) is 0. The van der Waals surface area contributed by atoms with Gasteiger partial charge in [-0.25, -0.2) is 4.98 Å². The van der Waals surface area contributed by atoms with Gasteiger partial charge < -0.3 is 4.74 Å². The van der Waals surface area contributed by atoms with Crippen LogP contribution in [0.15, 0.2) is 18.2 Å². The van der Waals surface area contributed by atoms with Gasteiger partial charge in [-0.1, -0.05) is 26.2 Å². The molecule has 0 aliphatic heterocycles. The number of halogens is 4. The molecular weight excluding hydrogens is 418 g/mol. The summed E-state index contributed by atoms with van der Waals surface area (Å²) in [6.07, 6.45) is 0.250. The van der Waals surface area contributed by atoms with E-state index >= 15 is 0 Å². The third-order valence-electron chi connectivity index (χ3n) is 3.78. The number of nitrogens with zero attached hydrogens (tertiary/aromatic N) is 1. The molecule has 0 saturated heterocycles. The highest BCUT2D eigenvalue weighted by atomic mass is 127. The third-order valence-corrected chi connectivity index (χ3v) is 4.94. The number of benzene rings is 1. The summed E-state index contributed by atoms with van der Waals surface area (Å²) >= 11 is 1.78. The van der Waals surface area contributed by atoms with Crippen molar-refractivity contribution in [1.29, 1.82) is 0 Å². The van der Waals surface area contributed by atoms with Crippen molar-refractivity contribution in [1.82, 2.24) is 4.98 Å². The number of fused-ring (bicyclic) bond motifs is 1. The second kappa shape index (κ2) is 7.68.